The molecule has 2 nitrogen and oxygen atoms in total. The molecule has 2 heteroatoms. The number of rotatable bonds is 1. The molecule has 3 N–H and O–H groups in total. The normalized spacial score (nSPS) is 17.4. The zero-order valence-electron chi connectivity index (χ0n) is 4.72. The first-order chi connectivity index (χ1) is 3.93. The molecule has 0 aliphatic carbocycles. The maximum Gasteiger partial charge on any atom is 0.0370 e. The van der Waals surface area contributed by atoms with E-state index in [1.54, 1.807) is 0 Å². The molecule has 1 heterocycles. The molecule has 0 unspecified atom stereocenters. The fourth-order valence-corrected chi connectivity index (χ4v) is 0.641. The Morgan fingerprint density at radius 3 is 3.00 bits per heavy atom. The standard InChI is InChI=1S/C6H10N2/c7-4-6-2-1-3-8-5-6/h1-3,8H,4-5,7H2. The average molecular weight is 110 g/mol. The monoisotopic (exact) mass is 110 g/mol. The molecule has 0 atom stereocenters. The average Bonchev–Trinajstić information content (AvgIpc) is 1.90. The van der Waals surface area contributed by atoms with Crippen molar-refractivity contribution in [1.29, 1.82) is 0 Å². The van der Waals surface area contributed by atoms with Gasteiger partial charge in [0.25, 0.3) is 0 Å². The summed E-state index contributed by atoms with van der Waals surface area (Å²) >= 11 is 0. The number of nitrogens with one attached hydrogen (secondary N) is 1. The molecule has 0 radical (unpaired) electrons. The van der Waals surface area contributed by atoms with E-state index in [4.69, 9.17) is 5.73 Å². The second-order valence-corrected chi connectivity index (χ2v) is 1.77. The second kappa shape index (κ2) is 2.52. The van der Waals surface area contributed by atoms with Crippen LogP contribution in [-0.4, -0.2) is 13.1 Å². The minimum absolute atomic E-state index is 0.664. The molecule has 0 bridgehead atoms. The first-order valence-electron chi connectivity index (χ1n) is 2.71. The summed E-state index contributed by atoms with van der Waals surface area (Å²) in [6.07, 6.45) is 5.92. The van der Waals surface area contributed by atoms with Gasteiger partial charge in [0, 0.05) is 13.1 Å². The molecular formula is C6H10N2. The molecule has 0 spiro atoms. The Labute approximate surface area is 49.1 Å². The summed E-state index contributed by atoms with van der Waals surface area (Å²) in [5, 5.41) is 3.06. The highest BCUT2D eigenvalue weighted by atomic mass is 14.8. The highest BCUT2D eigenvalue weighted by Crippen LogP contribution is 1.93. The van der Waals surface area contributed by atoms with E-state index < -0.39 is 0 Å². The fourth-order valence-electron chi connectivity index (χ4n) is 0.641. The molecule has 0 amide bonds. The Bertz CT molecular complexity index is 124. The van der Waals surface area contributed by atoms with Crippen molar-refractivity contribution in [3.8, 4) is 0 Å². The minimum Gasteiger partial charge on any atom is -0.387 e. The van der Waals surface area contributed by atoms with Gasteiger partial charge >= 0.3 is 0 Å². The lowest BCUT2D eigenvalue weighted by atomic mass is 10.2. The van der Waals surface area contributed by atoms with Gasteiger partial charge in [-0.3, -0.25) is 0 Å². The van der Waals surface area contributed by atoms with Crippen LogP contribution in [0.4, 0.5) is 0 Å². The third kappa shape index (κ3) is 1.10. The van der Waals surface area contributed by atoms with Gasteiger partial charge in [-0.25, -0.2) is 0 Å². The molecule has 0 saturated heterocycles. The van der Waals surface area contributed by atoms with E-state index in [-0.39, 0.29) is 0 Å². The third-order valence-electron chi connectivity index (χ3n) is 1.14. The van der Waals surface area contributed by atoms with Crippen LogP contribution in [0.15, 0.2) is 23.9 Å². The quantitative estimate of drug-likeness (QED) is 0.498. The predicted octanol–water partition coefficient (Wildman–Crippen LogP) is -0.0116. The summed E-state index contributed by atoms with van der Waals surface area (Å²) in [5.74, 6) is 0. The zero-order valence-corrected chi connectivity index (χ0v) is 4.72. The maximum atomic E-state index is 5.36. The predicted molar refractivity (Wildman–Crippen MR) is 34.3 cm³/mol. The number of hydrogen-bond acceptors (Lipinski definition) is 2. The lowest BCUT2D eigenvalue weighted by molar-refractivity contribution is 0.889. The van der Waals surface area contributed by atoms with Gasteiger partial charge in [-0.05, 0) is 17.8 Å². The summed E-state index contributed by atoms with van der Waals surface area (Å²) in [7, 11) is 0. The van der Waals surface area contributed by atoms with Gasteiger partial charge in [0.1, 0.15) is 0 Å². The molecule has 1 aliphatic rings. The van der Waals surface area contributed by atoms with Gasteiger partial charge in [0.15, 0.2) is 0 Å². The van der Waals surface area contributed by atoms with Crippen molar-refractivity contribution in [2.75, 3.05) is 13.1 Å². The molecule has 0 aromatic carbocycles. The Balaban J connectivity index is 2.50. The molecule has 44 valence electrons. The van der Waals surface area contributed by atoms with Gasteiger partial charge in [-0.15, -0.1) is 0 Å². The molecule has 1 rings (SSSR count). The van der Waals surface area contributed by atoms with E-state index in [1.165, 1.54) is 5.57 Å². The van der Waals surface area contributed by atoms with Crippen LogP contribution in [0.5, 0.6) is 0 Å². The topological polar surface area (TPSA) is 38.0 Å². The van der Waals surface area contributed by atoms with Crippen molar-refractivity contribution in [2.45, 2.75) is 0 Å². The summed E-state index contributed by atoms with van der Waals surface area (Å²) in [4.78, 5) is 0. The van der Waals surface area contributed by atoms with Crippen LogP contribution in [0.3, 0.4) is 0 Å². The molecule has 0 aromatic rings. The van der Waals surface area contributed by atoms with E-state index in [0.29, 0.717) is 6.54 Å². The fraction of sp³-hybridized carbons (Fsp3) is 0.333. The van der Waals surface area contributed by atoms with Crippen molar-refractivity contribution in [3.05, 3.63) is 23.9 Å². The first-order valence-corrected chi connectivity index (χ1v) is 2.71. The SMILES string of the molecule is NCC1=CC=CNC1. The van der Waals surface area contributed by atoms with Crippen LogP contribution in [-0.2, 0) is 0 Å². The van der Waals surface area contributed by atoms with Crippen molar-refractivity contribution in [2.24, 2.45) is 5.73 Å². The lowest BCUT2D eigenvalue weighted by Gasteiger charge is -2.06. The molecule has 1 aliphatic heterocycles. The number of hydrogen-bond donors (Lipinski definition) is 2. The van der Waals surface area contributed by atoms with E-state index >= 15 is 0 Å². The summed E-state index contributed by atoms with van der Waals surface area (Å²) < 4.78 is 0. The van der Waals surface area contributed by atoms with Crippen LogP contribution in [0.25, 0.3) is 0 Å². The van der Waals surface area contributed by atoms with Crippen LogP contribution < -0.4 is 11.1 Å². The molecular weight excluding hydrogens is 100 g/mol. The first kappa shape index (κ1) is 5.38. The highest BCUT2D eigenvalue weighted by Gasteiger charge is 1.92. The van der Waals surface area contributed by atoms with E-state index in [2.05, 4.69) is 5.32 Å². The number of dihydropyridines is 1. The number of allylic oxidation sites excluding steroid dienone is 2. The minimum atomic E-state index is 0.664. The van der Waals surface area contributed by atoms with Crippen molar-refractivity contribution >= 4 is 0 Å². The Kier molecular flexibility index (Phi) is 1.70. The summed E-state index contributed by atoms with van der Waals surface area (Å²) in [5.41, 5.74) is 6.62. The smallest absolute Gasteiger partial charge is 0.0370 e. The second-order valence-electron chi connectivity index (χ2n) is 1.77. The molecule has 0 aromatic heterocycles. The molecule has 0 saturated carbocycles. The Morgan fingerprint density at radius 1 is 1.75 bits per heavy atom. The molecule has 0 fully saturated rings. The Morgan fingerprint density at radius 2 is 2.62 bits per heavy atom. The van der Waals surface area contributed by atoms with Gasteiger partial charge in [0.05, 0.1) is 0 Å². The van der Waals surface area contributed by atoms with Crippen LogP contribution in [0.1, 0.15) is 0 Å². The highest BCUT2D eigenvalue weighted by molar-refractivity contribution is 5.18. The maximum absolute atomic E-state index is 5.36. The summed E-state index contributed by atoms with van der Waals surface area (Å²) in [6.45, 7) is 1.57. The van der Waals surface area contributed by atoms with E-state index in [1.807, 2.05) is 18.4 Å². The lowest BCUT2D eigenvalue weighted by Crippen LogP contribution is -2.18. The van der Waals surface area contributed by atoms with Crippen LogP contribution >= 0.6 is 0 Å². The largest absolute Gasteiger partial charge is 0.387 e. The van der Waals surface area contributed by atoms with E-state index in [0.717, 1.165) is 6.54 Å². The van der Waals surface area contributed by atoms with Crippen molar-refractivity contribution in [3.63, 3.8) is 0 Å². The van der Waals surface area contributed by atoms with Crippen molar-refractivity contribution < 1.29 is 0 Å². The van der Waals surface area contributed by atoms with Gasteiger partial charge in [-0.1, -0.05) is 6.08 Å². The number of nitrogens with two attached hydrogens (primary N) is 1. The third-order valence-corrected chi connectivity index (χ3v) is 1.14. The van der Waals surface area contributed by atoms with Crippen molar-refractivity contribution in [1.82, 2.24) is 5.32 Å². The Hall–Kier alpha value is -0.760. The van der Waals surface area contributed by atoms with E-state index in [9.17, 15) is 0 Å². The summed E-state index contributed by atoms with van der Waals surface area (Å²) in [6, 6.07) is 0. The van der Waals surface area contributed by atoms with Gasteiger partial charge < -0.3 is 11.1 Å². The van der Waals surface area contributed by atoms with Gasteiger partial charge in [0.2, 0.25) is 0 Å². The van der Waals surface area contributed by atoms with Crippen LogP contribution in [0, 0.1) is 0 Å². The van der Waals surface area contributed by atoms with Crippen LogP contribution in [0.2, 0.25) is 0 Å². The zero-order chi connectivity index (χ0) is 5.82. The molecule has 8 heavy (non-hydrogen) atoms. The van der Waals surface area contributed by atoms with Gasteiger partial charge in [-0.2, -0.15) is 0 Å².